The third-order valence-electron chi connectivity index (χ3n) is 3.32. The van der Waals surface area contributed by atoms with Crippen molar-refractivity contribution < 1.29 is 19.1 Å². The van der Waals surface area contributed by atoms with E-state index in [1.807, 2.05) is 0 Å². The zero-order valence-corrected chi connectivity index (χ0v) is 14.3. The van der Waals surface area contributed by atoms with Crippen LogP contribution >= 0.6 is 0 Å². The number of carbonyl (C=O) groups is 2. The summed E-state index contributed by atoms with van der Waals surface area (Å²) < 4.78 is 10.1. The molecule has 0 aromatic carbocycles. The number of hydrogen-bond donors (Lipinski definition) is 1. The van der Waals surface area contributed by atoms with E-state index in [9.17, 15) is 9.59 Å². The molecule has 5 nitrogen and oxygen atoms in total. The highest BCUT2D eigenvalue weighted by Gasteiger charge is 2.02. The Hall–Kier alpha value is -1.26. The molecule has 0 heterocycles. The highest BCUT2D eigenvalue weighted by atomic mass is 16.5. The Labute approximate surface area is 135 Å². The first-order valence-electron chi connectivity index (χ1n) is 8.77. The molecule has 0 aromatic rings. The lowest BCUT2D eigenvalue weighted by molar-refractivity contribution is -0.143. The summed E-state index contributed by atoms with van der Waals surface area (Å²) in [6.07, 6.45) is 9.13. The van der Waals surface area contributed by atoms with Crippen molar-refractivity contribution >= 4 is 12.1 Å². The van der Waals surface area contributed by atoms with E-state index in [0.29, 0.717) is 26.2 Å². The van der Waals surface area contributed by atoms with Gasteiger partial charge in [-0.2, -0.15) is 0 Å². The van der Waals surface area contributed by atoms with Crippen molar-refractivity contribution in [3.63, 3.8) is 0 Å². The number of carbonyl (C=O) groups excluding carboxylic acids is 2. The Kier molecular flexibility index (Phi) is 15.2. The topological polar surface area (TPSA) is 64.6 Å². The van der Waals surface area contributed by atoms with Crippen LogP contribution in [0.5, 0.6) is 0 Å². The normalized spacial score (nSPS) is 10.3. The zero-order chi connectivity index (χ0) is 16.5. The molecule has 0 rings (SSSR count). The van der Waals surface area contributed by atoms with Gasteiger partial charge in [0.25, 0.3) is 0 Å². The molecule has 0 saturated heterocycles. The largest absolute Gasteiger partial charge is 0.466 e. The van der Waals surface area contributed by atoms with Crippen molar-refractivity contribution in [1.82, 2.24) is 5.32 Å². The maximum atomic E-state index is 11.4. The molecule has 130 valence electrons. The van der Waals surface area contributed by atoms with Crippen molar-refractivity contribution in [1.29, 1.82) is 0 Å². The number of unbranched alkanes of at least 4 members (excludes halogenated alkanes) is 6. The molecule has 1 N–H and O–H groups in total. The van der Waals surface area contributed by atoms with Crippen LogP contribution in [0.1, 0.15) is 78.1 Å². The minimum atomic E-state index is -0.316. The summed E-state index contributed by atoms with van der Waals surface area (Å²) in [5.41, 5.74) is 0. The van der Waals surface area contributed by atoms with Gasteiger partial charge < -0.3 is 14.8 Å². The van der Waals surface area contributed by atoms with Crippen LogP contribution in [0.4, 0.5) is 4.79 Å². The summed E-state index contributed by atoms with van der Waals surface area (Å²) in [7, 11) is 0. The van der Waals surface area contributed by atoms with Gasteiger partial charge in [0.2, 0.25) is 0 Å². The second-order valence-electron chi connectivity index (χ2n) is 5.51. The molecule has 0 unspecified atom stereocenters. The Morgan fingerprint density at radius 2 is 1.36 bits per heavy atom. The standard InChI is InChI=1S/C17H33NO4/c1-3-5-14-21-16(19)12-10-8-7-9-11-13-18-17(20)22-15-6-4-2/h3-15H2,1-2H3,(H,18,20). The molecule has 0 spiro atoms. The van der Waals surface area contributed by atoms with E-state index in [0.717, 1.165) is 57.8 Å². The van der Waals surface area contributed by atoms with E-state index in [-0.39, 0.29) is 12.1 Å². The monoisotopic (exact) mass is 315 g/mol. The predicted octanol–water partition coefficient (Wildman–Crippen LogP) is 4.20. The molecule has 0 saturated carbocycles. The summed E-state index contributed by atoms with van der Waals surface area (Å²) in [4.78, 5) is 22.6. The molecule has 0 fully saturated rings. The SMILES string of the molecule is CCCCOC(=O)CCCCCCCNC(=O)OCCCC. The smallest absolute Gasteiger partial charge is 0.407 e. The Morgan fingerprint density at radius 1 is 0.773 bits per heavy atom. The minimum Gasteiger partial charge on any atom is -0.466 e. The van der Waals surface area contributed by atoms with E-state index in [1.54, 1.807) is 0 Å². The highest BCUT2D eigenvalue weighted by Crippen LogP contribution is 2.06. The first kappa shape index (κ1) is 20.7. The van der Waals surface area contributed by atoms with Gasteiger partial charge in [-0.3, -0.25) is 4.79 Å². The summed E-state index contributed by atoms with van der Waals surface area (Å²) in [5, 5.41) is 2.74. The molecule has 0 aliphatic rings. The van der Waals surface area contributed by atoms with Gasteiger partial charge in [0.15, 0.2) is 0 Å². The number of esters is 1. The molecule has 0 atom stereocenters. The van der Waals surface area contributed by atoms with Crippen LogP contribution in [0, 0.1) is 0 Å². The predicted molar refractivity (Wildman–Crippen MR) is 87.8 cm³/mol. The van der Waals surface area contributed by atoms with Crippen LogP contribution in [-0.2, 0) is 14.3 Å². The third kappa shape index (κ3) is 15.1. The molecular formula is C17H33NO4. The lowest BCUT2D eigenvalue weighted by Crippen LogP contribution is -2.25. The van der Waals surface area contributed by atoms with Crippen LogP contribution in [0.2, 0.25) is 0 Å². The number of rotatable bonds is 14. The van der Waals surface area contributed by atoms with E-state index < -0.39 is 0 Å². The molecule has 0 bridgehead atoms. The van der Waals surface area contributed by atoms with Gasteiger partial charge in [-0.15, -0.1) is 0 Å². The average molecular weight is 315 g/mol. The van der Waals surface area contributed by atoms with Crippen LogP contribution < -0.4 is 5.32 Å². The lowest BCUT2D eigenvalue weighted by Gasteiger charge is -2.06. The van der Waals surface area contributed by atoms with Gasteiger partial charge in [-0.25, -0.2) is 4.79 Å². The first-order valence-corrected chi connectivity index (χ1v) is 8.77. The molecule has 0 radical (unpaired) electrons. The maximum absolute atomic E-state index is 11.4. The Bertz CT molecular complexity index is 254. The molecule has 0 aliphatic carbocycles. The van der Waals surface area contributed by atoms with Crippen LogP contribution in [-0.4, -0.2) is 31.8 Å². The van der Waals surface area contributed by atoms with Gasteiger partial charge in [0.1, 0.15) is 0 Å². The summed E-state index contributed by atoms with van der Waals surface area (Å²) >= 11 is 0. The fourth-order valence-electron chi connectivity index (χ4n) is 1.88. The molecule has 0 aliphatic heterocycles. The fraction of sp³-hybridized carbons (Fsp3) is 0.882. The van der Waals surface area contributed by atoms with Crippen molar-refractivity contribution in [2.24, 2.45) is 0 Å². The second-order valence-corrected chi connectivity index (χ2v) is 5.51. The molecule has 0 aromatic heterocycles. The lowest BCUT2D eigenvalue weighted by atomic mass is 10.1. The number of amides is 1. The molecule has 22 heavy (non-hydrogen) atoms. The zero-order valence-electron chi connectivity index (χ0n) is 14.3. The number of nitrogens with one attached hydrogen (secondary N) is 1. The number of alkyl carbamates (subject to hydrolysis) is 1. The number of hydrogen-bond acceptors (Lipinski definition) is 4. The van der Waals surface area contributed by atoms with E-state index >= 15 is 0 Å². The number of ether oxygens (including phenoxy) is 2. The first-order chi connectivity index (χ1) is 10.7. The maximum Gasteiger partial charge on any atom is 0.407 e. The third-order valence-corrected chi connectivity index (χ3v) is 3.32. The fourth-order valence-corrected chi connectivity index (χ4v) is 1.88. The summed E-state index contributed by atoms with van der Waals surface area (Å²) in [6.45, 7) is 5.84. The van der Waals surface area contributed by atoms with Crippen LogP contribution in [0.15, 0.2) is 0 Å². The van der Waals surface area contributed by atoms with Crippen molar-refractivity contribution in [3.8, 4) is 0 Å². The Morgan fingerprint density at radius 3 is 2.05 bits per heavy atom. The van der Waals surface area contributed by atoms with E-state index in [1.165, 1.54) is 0 Å². The summed E-state index contributed by atoms with van der Waals surface area (Å²) in [6, 6.07) is 0. The van der Waals surface area contributed by atoms with Gasteiger partial charge in [0.05, 0.1) is 13.2 Å². The molecule has 5 heteroatoms. The quantitative estimate of drug-likeness (QED) is 0.385. The minimum absolute atomic E-state index is 0.0788. The average Bonchev–Trinajstić information content (AvgIpc) is 2.50. The van der Waals surface area contributed by atoms with E-state index in [2.05, 4.69) is 19.2 Å². The molecular weight excluding hydrogens is 282 g/mol. The van der Waals surface area contributed by atoms with Gasteiger partial charge in [-0.1, -0.05) is 46.0 Å². The molecule has 1 amide bonds. The van der Waals surface area contributed by atoms with Crippen molar-refractivity contribution in [3.05, 3.63) is 0 Å². The van der Waals surface area contributed by atoms with Crippen molar-refractivity contribution in [2.45, 2.75) is 78.1 Å². The van der Waals surface area contributed by atoms with Gasteiger partial charge >= 0.3 is 12.1 Å². The van der Waals surface area contributed by atoms with Gasteiger partial charge in [-0.05, 0) is 25.7 Å². The Balaban J connectivity index is 3.23. The van der Waals surface area contributed by atoms with Gasteiger partial charge in [0, 0.05) is 13.0 Å². The van der Waals surface area contributed by atoms with E-state index in [4.69, 9.17) is 9.47 Å². The van der Waals surface area contributed by atoms with Crippen LogP contribution in [0.25, 0.3) is 0 Å². The highest BCUT2D eigenvalue weighted by molar-refractivity contribution is 5.69. The van der Waals surface area contributed by atoms with Crippen LogP contribution in [0.3, 0.4) is 0 Å². The second kappa shape index (κ2) is 16.1. The summed E-state index contributed by atoms with van der Waals surface area (Å²) in [5.74, 6) is -0.0788. The van der Waals surface area contributed by atoms with Crippen molar-refractivity contribution in [2.75, 3.05) is 19.8 Å².